The van der Waals surface area contributed by atoms with Gasteiger partial charge in [-0.05, 0) is 6.92 Å². The van der Waals surface area contributed by atoms with Gasteiger partial charge >= 0.3 is 0 Å². The second kappa shape index (κ2) is 3.09. The summed E-state index contributed by atoms with van der Waals surface area (Å²) < 4.78 is 4.89. The lowest BCUT2D eigenvalue weighted by molar-refractivity contribution is 0.394. The molecule has 0 aliphatic rings. The van der Waals surface area contributed by atoms with E-state index < -0.39 is 0 Å². The van der Waals surface area contributed by atoms with Gasteiger partial charge in [0, 0.05) is 12.4 Å². The van der Waals surface area contributed by atoms with E-state index in [1.807, 2.05) is 6.92 Å². The topological polar surface area (TPSA) is 58.9 Å². The zero-order chi connectivity index (χ0) is 8.27. The third-order valence-corrected chi connectivity index (χ3v) is 1.22. The Morgan fingerprint density at radius 2 is 2.36 bits per heavy atom. The first-order valence-electron chi connectivity index (χ1n) is 3.16. The molecule has 58 valence electrons. The van der Waals surface area contributed by atoms with Gasteiger partial charge in [-0.25, -0.2) is 9.97 Å². The number of hydrogen-bond donors (Lipinski definition) is 1. The SMILES string of the molecule is COc1nc(C)cnc1C=N. The van der Waals surface area contributed by atoms with Crippen molar-refractivity contribution in [3.63, 3.8) is 0 Å². The summed E-state index contributed by atoms with van der Waals surface area (Å²) in [5.41, 5.74) is 1.24. The highest BCUT2D eigenvalue weighted by Gasteiger charge is 2.01. The van der Waals surface area contributed by atoms with Gasteiger partial charge < -0.3 is 10.1 Å². The van der Waals surface area contributed by atoms with Gasteiger partial charge in [0.25, 0.3) is 0 Å². The quantitative estimate of drug-likeness (QED) is 0.636. The number of nitrogens with one attached hydrogen (secondary N) is 1. The molecule has 1 heterocycles. The maximum Gasteiger partial charge on any atom is 0.241 e. The Labute approximate surface area is 64.8 Å². The van der Waals surface area contributed by atoms with Crippen LogP contribution in [0.15, 0.2) is 6.20 Å². The monoisotopic (exact) mass is 151 g/mol. The molecule has 0 unspecified atom stereocenters. The maximum atomic E-state index is 6.95. The highest BCUT2D eigenvalue weighted by atomic mass is 16.5. The number of ether oxygens (including phenoxy) is 1. The molecule has 0 saturated carbocycles. The summed E-state index contributed by atoms with van der Waals surface area (Å²) in [5.74, 6) is 0.403. The first kappa shape index (κ1) is 7.65. The number of hydrogen-bond acceptors (Lipinski definition) is 4. The van der Waals surface area contributed by atoms with Crippen LogP contribution in [0.4, 0.5) is 0 Å². The Morgan fingerprint density at radius 3 is 2.91 bits per heavy atom. The fourth-order valence-corrected chi connectivity index (χ4v) is 0.714. The van der Waals surface area contributed by atoms with Crippen molar-refractivity contribution in [1.82, 2.24) is 9.97 Å². The molecule has 1 N–H and O–H groups in total. The van der Waals surface area contributed by atoms with E-state index >= 15 is 0 Å². The molecule has 0 atom stereocenters. The fraction of sp³-hybridized carbons (Fsp3) is 0.286. The predicted molar refractivity (Wildman–Crippen MR) is 41.2 cm³/mol. The minimum Gasteiger partial charge on any atom is -0.479 e. The van der Waals surface area contributed by atoms with E-state index in [4.69, 9.17) is 10.1 Å². The van der Waals surface area contributed by atoms with Crippen molar-refractivity contribution < 1.29 is 4.74 Å². The van der Waals surface area contributed by atoms with Crippen molar-refractivity contribution in [2.75, 3.05) is 7.11 Å². The average molecular weight is 151 g/mol. The van der Waals surface area contributed by atoms with Crippen LogP contribution in [0, 0.1) is 12.3 Å². The zero-order valence-corrected chi connectivity index (χ0v) is 6.46. The minimum atomic E-state index is 0.403. The first-order valence-corrected chi connectivity index (χ1v) is 3.16. The molecule has 0 aliphatic carbocycles. The van der Waals surface area contributed by atoms with E-state index in [0.29, 0.717) is 11.6 Å². The van der Waals surface area contributed by atoms with Crippen molar-refractivity contribution in [1.29, 1.82) is 5.41 Å². The van der Waals surface area contributed by atoms with Crippen LogP contribution >= 0.6 is 0 Å². The smallest absolute Gasteiger partial charge is 0.241 e. The molecule has 0 spiro atoms. The molecule has 0 amide bonds. The number of aryl methyl sites for hydroxylation is 1. The molecule has 4 nitrogen and oxygen atoms in total. The van der Waals surface area contributed by atoms with Crippen molar-refractivity contribution in [3.8, 4) is 5.88 Å². The summed E-state index contributed by atoms with van der Waals surface area (Å²) in [6.45, 7) is 1.82. The third kappa shape index (κ3) is 1.52. The summed E-state index contributed by atoms with van der Waals surface area (Å²) in [4.78, 5) is 7.96. The van der Waals surface area contributed by atoms with E-state index in [-0.39, 0.29) is 0 Å². The highest BCUT2D eigenvalue weighted by Crippen LogP contribution is 2.08. The Kier molecular flexibility index (Phi) is 2.15. The van der Waals surface area contributed by atoms with Crippen LogP contribution in [0.1, 0.15) is 11.4 Å². The highest BCUT2D eigenvalue weighted by molar-refractivity contribution is 5.77. The average Bonchev–Trinajstić information content (AvgIpc) is 2.04. The molecule has 11 heavy (non-hydrogen) atoms. The molecule has 0 saturated heterocycles. The molecule has 4 heteroatoms. The van der Waals surface area contributed by atoms with Crippen molar-refractivity contribution >= 4 is 6.21 Å². The lowest BCUT2D eigenvalue weighted by Crippen LogP contribution is -1.98. The van der Waals surface area contributed by atoms with Gasteiger partial charge in [0.05, 0.1) is 12.8 Å². The Hall–Kier alpha value is -1.45. The van der Waals surface area contributed by atoms with Crippen LogP contribution in [-0.2, 0) is 0 Å². The largest absolute Gasteiger partial charge is 0.479 e. The van der Waals surface area contributed by atoms with E-state index in [0.717, 1.165) is 11.9 Å². The van der Waals surface area contributed by atoms with Crippen LogP contribution in [0.25, 0.3) is 0 Å². The summed E-state index contributed by atoms with van der Waals surface area (Å²) in [5, 5.41) is 6.95. The standard InChI is InChI=1S/C7H9N3O/c1-5-4-9-6(3-8)7(10-5)11-2/h3-4,8H,1-2H3. The Morgan fingerprint density at radius 1 is 1.64 bits per heavy atom. The van der Waals surface area contributed by atoms with Crippen molar-refractivity contribution in [2.45, 2.75) is 6.92 Å². The molecule has 0 fully saturated rings. The number of rotatable bonds is 2. The summed E-state index contributed by atoms with van der Waals surface area (Å²) in [7, 11) is 1.51. The maximum absolute atomic E-state index is 6.95. The molecule has 0 aromatic carbocycles. The molecule has 0 radical (unpaired) electrons. The van der Waals surface area contributed by atoms with Crippen LogP contribution in [0.5, 0.6) is 5.88 Å². The van der Waals surface area contributed by atoms with Gasteiger partial charge in [-0.2, -0.15) is 0 Å². The van der Waals surface area contributed by atoms with Gasteiger partial charge in [0.2, 0.25) is 5.88 Å². The third-order valence-electron chi connectivity index (χ3n) is 1.22. The summed E-state index contributed by atoms with van der Waals surface area (Å²) >= 11 is 0. The predicted octanol–water partition coefficient (Wildman–Crippen LogP) is 0.791. The van der Waals surface area contributed by atoms with Crippen LogP contribution < -0.4 is 4.74 Å². The van der Waals surface area contributed by atoms with Gasteiger partial charge in [0.1, 0.15) is 5.69 Å². The lowest BCUT2D eigenvalue weighted by Gasteiger charge is -2.01. The van der Waals surface area contributed by atoms with Gasteiger partial charge in [0.15, 0.2) is 0 Å². The van der Waals surface area contributed by atoms with E-state index in [1.165, 1.54) is 7.11 Å². The molecule has 0 aliphatic heterocycles. The second-order valence-electron chi connectivity index (χ2n) is 2.05. The molecule has 0 bridgehead atoms. The van der Waals surface area contributed by atoms with Crippen molar-refractivity contribution in [3.05, 3.63) is 17.6 Å². The minimum absolute atomic E-state index is 0.403. The molecular weight excluding hydrogens is 142 g/mol. The number of aromatic nitrogens is 2. The fourth-order valence-electron chi connectivity index (χ4n) is 0.714. The number of nitrogens with zero attached hydrogens (tertiary/aromatic N) is 2. The van der Waals surface area contributed by atoms with Crippen molar-refractivity contribution in [2.24, 2.45) is 0 Å². The first-order chi connectivity index (χ1) is 5.27. The van der Waals surface area contributed by atoms with Gasteiger partial charge in [-0.1, -0.05) is 0 Å². The Balaban J connectivity index is 3.16. The normalized spacial score (nSPS) is 9.27. The lowest BCUT2D eigenvalue weighted by atomic mass is 10.4. The molecule has 1 aromatic rings. The van der Waals surface area contributed by atoms with E-state index in [9.17, 15) is 0 Å². The van der Waals surface area contributed by atoms with Gasteiger partial charge in [-0.3, -0.25) is 0 Å². The Bertz CT molecular complexity index is 272. The van der Waals surface area contributed by atoms with Crippen LogP contribution in [0.3, 0.4) is 0 Å². The summed E-state index contributed by atoms with van der Waals surface area (Å²) in [6.07, 6.45) is 2.72. The second-order valence-corrected chi connectivity index (χ2v) is 2.05. The molecule has 1 aromatic heterocycles. The summed E-state index contributed by atoms with van der Waals surface area (Å²) in [6, 6.07) is 0. The van der Waals surface area contributed by atoms with E-state index in [1.54, 1.807) is 6.20 Å². The molecular formula is C7H9N3O. The van der Waals surface area contributed by atoms with Crippen LogP contribution in [-0.4, -0.2) is 23.3 Å². The van der Waals surface area contributed by atoms with E-state index in [2.05, 4.69) is 9.97 Å². The van der Waals surface area contributed by atoms with Crippen LogP contribution in [0.2, 0.25) is 0 Å². The van der Waals surface area contributed by atoms with Gasteiger partial charge in [-0.15, -0.1) is 0 Å². The zero-order valence-electron chi connectivity index (χ0n) is 6.46. The number of methoxy groups -OCH3 is 1. The molecule has 1 rings (SSSR count).